The lowest BCUT2D eigenvalue weighted by molar-refractivity contribution is 0.0752. The summed E-state index contributed by atoms with van der Waals surface area (Å²) in [7, 11) is 1.68. The Kier molecular flexibility index (Phi) is 7.22. The molecule has 1 heterocycles. The first kappa shape index (κ1) is 20.4. The van der Waals surface area contributed by atoms with Crippen LogP contribution in [0.5, 0.6) is 5.75 Å². The van der Waals surface area contributed by atoms with E-state index < -0.39 is 0 Å². The van der Waals surface area contributed by atoms with Gasteiger partial charge in [0, 0.05) is 32.0 Å². The van der Waals surface area contributed by atoms with Crippen LogP contribution in [-0.2, 0) is 13.0 Å². The maximum atomic E-state index is 13.0. The van der Waals surface area contributed by atoms with E-state index in [1.807, 2.05) is 66.4 Å². The standard InChI is InChI=1S/C24H27N3O2/c1-3-27(18-19-9-5-4-6-10-19)24(28)21-15-22(17-25-16-21)26-14-13-20-11-7-8-12-23(20)29-2/h4-12,15-17,26H,3,13-14,18H2,1-2H3. The van der Waals surface area contributed by atoms with E-state index in [4.69, 9.17) is 4.74 Å². The highest BCUT2D eigenvalue weighted by Gasteiger charge is 2.15. The smallest absolute Gasteiger partial charge is 0.255 e. The van der Waals surface area contributed by atoms with Crippen LogP contribution < -0.4 is 10.1 Å². The summed E-state index contributed by atoms with van der Waals surface area (Å²) in [6.07, 6.45) is 4.19. The molecule has 0 bridgehead atoms. The number of rotatable bonds is 9. The Morgan fingerprint density at radius 3 is 2.59 bits per heavy atom. The molecule has 150 valence electrons. The average Bonchev–Trinajstić information content (AvgIpc) is 2.78. The molecule has 0 unspecified atom stereocenters. The number of amides is 1. The molecule has 0 atom stereocenters. The molecule has 29 heavy (non-hydrogen) atoms. The first-order valence-corrected chi connectivity index (χ1v) is 9.85. The zero-order chi connectivity index (χ0) is 20.5. The van der Waals surface area contributed by atoms with Crippen molar-refractivity contribution in [3.63, 3.8) is 0 Å². The maximum Gasteiger partial charge on any atom is 0.255 e. The predicted octanol–water partition coefficient (Wildman–Crippen LogP) is 4.41. The summed E-state index contributed by atoms with van der Waals surface area (Å²) in [5, 5.41) is 3.36. The highest BCUT2D eigenvalue weighted by Crippen LogP contribution is 2.18. The molecule has 5 heteroatoms. The fraction of sp³-hybridized carbons (Fsp3) is 0.250. The SMILES string of the molecule is CCN(Cc1ccccc1)C(=O)c1cncc(NCCc2ccccc2OC)c1. The molecule has 3 aromatic rings. The van der Waals surface area contributed by atoms with Gasteiger partial charge in [0.1, 0.15) is 5.75 Å². The number of aromatic nitrogens is 1. The molecular formula is C24H27N3O2. The number of hydrogen-bond donors (Lipinski definition) is 1. The van der Waals surface area contributed by atoms with Gasteiger partial charge in [-0.3, -0.25) is 9.78 Å². The van der Waals surface area contributed by atoms with Gasteiger partial charge < -0.3 is 15.0 Å². The lowest BCUT2D eigenvalue weighted by Crippen LogP contribution is -2.30. The number of hydrogen-bond acceptors (Lipinski definition) is 4. The predicted molar refractivity (Wildman–Crippen MR) is 116 cm³/mol. The van der Waals surface area contributed by atoms with Crippen molar-refractivity contribution in [3.8, 4) is 5.75 Å². The van der Waals surface area contributed by atoms with Gasteiger partial charge >= 0.3 is 0 Å². The third-order valence-corrected chi connectivity index (χ3v) is 4.79. The zero-order valence-electron chi connectivity index (χ0n) is 17.0. The van der Waals surface area contributed by atoms with Crippen LogP contribution in [0.4, 0.5) is 5.69 Å². The van der Waals surface area contributed by atoms with Gasteiger partial charge in [0.15, 0.2) is 0 Å². The highest BCUT2D eigenvalue weighted by molar-refractivity contribution is 5.94. The molecule has 0 fully saturated rings. The van der Waals surface area contributed by atoms with Crippen molar-refractivity contribution in [1.29, 1.82) is 0 Å². The number of carbonyl (C=O) groups is 1. The Balaban J connectivity index is 1.62. The third kappa shape index (κ3) is 5.57. The van der Waals surface area contributed by atoms with Gasteiger partial charge in [-0.1, -0.05) is 48.5 Å². The van der Waals surface area contributed by atoms with Crippen molar-refractivity contribution in [2.45, 2.75) is 19.9 Å². The quantitative estimate of drug-likeness (QED) is 0.589. The molecule has 0 aliphatic carbocycles. The van der Waals surface area contributed by atoms with Gasteiger partial charge in [0.25, 0.3) is 5.91 Å². The van der Waals surface area contributed by atoms with Crippen LogP contribution in [0.25, 0.3) is 0 Å². The van der Waals surface area contributed by atoms with Crippen molar-refractivity contribution in [1.82, 2.24) is 9.88 Å². The van der Waals surface area contributed by atoms with E-state index in [1.165, 1.54) is 0 Å². The average molecular weight is 389 g/mol. The molecule has 1 aromatic heterocycles. The summed E-state index contributed by atoms with van der Waals surface area (Å²) in [5.41, 5.74) is 3.68. The van der Waals surface area contributed by atoms with Gasteiger partial charge in [-0.15, -0.1) is 0 Å². The first-order valence-electron chi connectivity index (χ1n) is 9.85. The third-order valence-electron chi connectivity index (χ3n) is 4.79. The molecule has 5 nitrogen and oxygen atoms in total. The number of carbonyl (C=O) groups excluding carboxylic acids is 1. The summed E-state index contributed by atoms with van der Waals surface area (Å²) in [4.78, 5) is 19.0. The summed E-state index contributed by atoms with van der Waals surface area (Å²) in [6, 6.07) is 19.9. The fourth-order valence-corrected chi connectivity index (χ4v) is 3.22. The molecule has 0 spiro atoms. The Labute approximate surface area is 172 Å². The molecule has 0 radical (unpaired) electrons. The topological polar surface area (TPSA) is 54.5 Å². The normalized spacial score (nSPS) is 10.4. The highest BCUT2D eigenvalue weighted by atomic mass is 16.5. The molecule has 1 N–H and O–H groups in total. The Morgan fingerprint density at radius 1 is 1.07 bits per heavy atom. The molecule has 0 saturated heterocycles. The molecule has 0 saturated carbocycles. The van der Waals surface area contributed by atoms with Crippen molar-refractivity contribution >= 4 is 11.6 Å². The van der Waals surface area contributed by atoms with Crippen LogP contribution in [0.1, 0.15) is 28.4 Å². The van der Waals surface area contributed by atoms with Crippen LogP contribution in [0, 0.1) is 0 Å². The minimum Gasteiger partial charge on any atom is -0.496 e. The van der Waals surface area contributed by atoms with E-state index in [0.717, 1.165) is 35.5 Å². The summed E-state index contributed by atoms with van der Waals surface area (Å²) in [5.74, 6) is 0.869. The number of nitrogens with one attached hydrogen (secondary N) is 1. The second-order valence-corrected chi connectivity index (χ2v) is 6.76. The van der Waals surface area contributed by atoms with E-state index in [0.29, 0.717) is 18.7 Å². The Hall–Kier alpha value is -3.34. The molecule has 1 amide bonds. The second-order valence-electron chi connectivity index (χ2n) is 6.76. The van der Waals surface area contributed by atoms with Crippen molar-refractivity contribution in [3.05, 3.63) is 89.7 Å². The van der Waals surface area contributed by atoms with Crippen molar-refractivity contribution in [2.75, 3.05) is 25.5 Å². The lowest BCUT2D eigenvalue weighted by atomic mass is 10.1. The number of anilines is 1. The second kappa shape index (κ2) is 10.3. The molecule has 0 aliphatic heterocycles. The van der Waals surface area contributed by atoms with Crippen molar-refractivity contribution < 1.29 is 9.53 Å². The number of pyridine rings is 1. The van der Waals surface area contributed by atoms with Gasteiger partial charge in [-0.05, 0) is 36.6 Å². The molecule has 2 aromatic carbocycles. The summed E-state index contributed by atoms with van der Waals surface area (Å²) < 4.78 is 5.40. The zero-order valence-corrected chi connectivity index (χ0v) is 17.0. The largest absolute Gasteiger partial charge is 0.496 e. The molecule has 0 aliphatic rings. The van der Waals surface area contributed by atoms with Gasteiger partial charge in [-0.25, -0.2) is 0 Å². The lowest BCUT2D eigenvalue weighted by Gasteiger charge is -2.21. The van der Waals surface area contributed by atoms with Crippen LogP contribution in [0.3, 0.4) is 0 Å². The van der Waals surface area contributed by atoms with Crippen LogP contribution in [0.2, 0.25) is 0 Å². The Bertz CT molecular complexity index is 928. The number of para-hydroxylation sites is 1. The van der Waals surface area contributed by atoms with Gasteiger partial charge in [-0.2, -0.15) is 0 Å². The van der Waals surface area contributed by atoms with Crippen LogP contribution in [-0.4, -0.2) is 36.0 Å². The monoisotopic (exact) mass is 389 g/mol. The van der Waals surface area contributed by atoms with Gasteiger partial charge in [0.05, 0.1) is 18.4 Å². The maximum absolute atomic E-state index is 13.0. The van der Waals surface area contributed by atoms with Gasteiger partial charge in [0.2, 0.25) is 0 Å². The first-order chi connectivity index (χ1) is 14.2. The van der Waals surface area contributed by atoms with Crippen LogP contribution >= 0.6 is 0 Å². The number of methoxy groups -OCH3 is 1. The fourth-order valence-electron chi connectivity index (χ4n) is 3.22. The van der Waals surface area contributed by atoms with Crippen molar-refractivity contribution in [2.24, 2.45) is 0 Å². The van der Waals surface area contributed by atoms with E-state index in [2.05, 4.69) is 16.4 Å². The van der Waals surface area contributed by atoms with Crippen LogP contribution in [0.15, 0.2) is 73.1 Å². The van der Waals surface area contributed by atoms with E-state index >= 15 is 0 Å². The number of benzene rings is 2. The van der Waals surface area contributed by atoms with E-state index in [-0.39, 0.29) is 5.91 Å². The Morgan fingerprint density at radius 2 is 1.83 bits per heavy atom. The summed E-state index contributed by atoms with van der Waals surface area (Å²) in [6.45, 7) is 3.94. The number of nitrogens with zero attached hydrogens (tertiary/aromatic N) is 2. The summed E-state index contributed by atoms with van der Waals surface area (Å²) >= 11 is 0. The minimum absolute atomic E-state index is 0.0165. The van der Waals surface area contributed by atoms with E-state index in [9.17, 15) is 4.79 Å². The van der Waals surface area contributed by atoms with E-state index in [1.54, 1.807) is 19.5 Å². The number of ether oxygens (including phenoxy) is 1. The molecule has 3 rings (SSSR count). The molecular weight excluding hydrogens is 362 g/mol. The minimum atomic E-state index is -0.0165.